The van der Waals surface area contributed by atoms with Gasteiger partial charge in [0.05, 0.1) is 0 Å². The zero-order valence-corrected chi connectivity index (χ0v) is 13.7. The molecule has 110 valence electrons. The first-order valence-electron chi connectivity index (χ1n) is 7.13. The first-order chi connectivity index (χ1) is 9.55. The SMILES string of the molecule is CN=C(NCC1Cc2ccccc21)NCC(C)(C)SC. The van der Waals surface area contributed by atoms with E-state index in [1.165, 1.54) is 17.5 Å². The van der Waals surface area contributed by atoms with Crippen LogP contribution in [0.25, 0.3) is 0 Å². The van der Waals surface area contributed by atoms with Crippen molar-refractivity contribution in [3.05, 3.63) is 35.4 Å². The van der Waals surface area contributed by atoms with Gasteiger partial charge in [0.2, 0.25) is 0 Å². The van der Waals surface area contributed by atoms with E-state index < -0.39 is 0 Å². The number of thioether (sulfide) groups is 1. The molecular weight excluding hydrogens is 266 g/mol. The van der Waals surface area contributed by atoms with E-state index in [4.69, 9.17) is 0 Å². The van der Waals surface area contributed by atoms with E-state index in [2.05, 4.69) is 60.0 Å². The molecule has 0 radical (unpaired) electrons. The maximum absolute atomic E-state index is 4.30. The summed E-state index contributed by atoms with van der Waals surface area (Å²) in [5.74, 6) is 1.52. The fourth-order valence-electron chi connectivity index (χ4n) is 2.35. The van der Waals surface area contributed by atoms with Crippen LogP contribution in [0.1, 0.15) is 30.9 Å². The highest BCUT2D eigenvalue weighted by Crippen LogP contribution is 2.33. The normalized spacial score (nSPS) is 18.2. The van der Waals surface area contributed by atoms with Gasteiger partial charge in [-0.2, -0.15) is 11.8 Å². The van der Waals surface area contributed by atoms with Gasteiger partial charge in [0.25, 0.3) is 0 Å². The average Bonchev–Trinajstić information content (AvgIpc) is 2.43. The molecule has 0 saturated heterocycles. The van der Waals surface area contributed by atoms with Gasteiger partial charge in [0.15, 0.2) is 5.96 Å². The lowest BCUT2D eigenvalue weighted by molar-refractivity contribution is 0.579. The number of benzene rings is 1. The Morgan fingerprint density at radius 3 is 2.75 bits per heavy atom. The van der Waals surface area contributed by atoms with E-state index in [0.29, 0.717) is 5.92 Å². The molecule has 1 atom stereocenters. The maximum Gasteiger partial charge on any atom is 0.191 e. The standard InChI is InChI=1S/C16H25N3S/c1-16(2,20-4)11-19-15(17-3)18-10-13-9-12-7-5-6-8-14(12)13/h5-8,13H,9-11H2,1-4H3,(H2,17,18,19). The number of nitrogens with one attached hydrogen (secondary N) is 2. The maximum atomic E-state index is 4.30. The van der Waals surface area contributed by atoms with Crippen molar-refractivity contribution >= 4 is 17.7 Å². The van der Waals surface area contributed by atoms with Crippen molar-refractivity contribution in [2.45, 2.75) is 30.9 Å². The zero-order valence-electron chi connectivity index (χ0n) is 12.9. The summed E-state index contributed by atoms with van der Waals surface area (Å²) in [7, 11) is 1.83. The molecule has 1 aliphatic carbocycles. The molecule has 0 fully saturated rings. The summed E-state index contributed by atoms with van der Waals surface area (Å²) in [6.07, 6.45) is 3.32. The molecule has 1 unspecified atom stereocenters. The van der Waals surface area contributed by atoms with Gasteiger partial charge in [-0.3, -0.25) is 4.99 Å². The molecule has 20 heavy (non-hydrogen) atoms. The Balaban J connectivity index is 1.79. The van der Waals surface area contributed by atoms with Gasteiger partial charge in [-0.05, 0) is 37.7 Å². The molecule has 1 aromatic carbocycles. The van der Waals surface area contributed by atoms with Crippen LogP contribution in [0.2, 0.25) is 0 Å². The van der Waals surface area contributed by atoms with Crippen molar-refractivity contribution < 1.29 is 0 Å². The third kappa shape index (κ3) is 3.69. The van der Waals surface area contributed by atoms with E-state index in [0.717, 1.165) is 19.0 Å². The van der Waals surface area contributed by atoms with Gasteiger partial charge in [-0.25, -0.2) is 0 Å². The predicted molar refractivity (Wildman–Crippen MR) is 89.8 cm³/mol. The molecule has 2 N–H and O–H groups in total. The Bertz CT molecular complexity index is 482. The summed E-state index contributed by atoms with van der Waals surface area (Å²) in [4.78, 5) is 4.30. The van der Waals surface area contributed by atoms with Crippen molar-refractivity contribution in [2.24, 2.45) is 4.99 Å². The highest BCUT2D eigenvalue weighted by atomic mass is 32.2. The molecule has 0 saturated carbocycles. The van der Waals surface area contributed by atoms with E-state index in [9.17, 15) is 0 Å². The van der Waals surface area contributed by atoms with Crippen LogP contribution in [0.5, 0.6) is 0 Å². The Morgan fingerprint density at radius 1 is 1.35 bits per heavy atom. The zero-order chi connectivity index (χ0) is 14.6. The summed E-state index contributed by atoms with van der Waals surface area (Å²) in [5.41, 5.74) is 2.98. The summed E-state index contributed by atoms with van der Waals surface area (Å²) in [6.45, 7) is 6.34. The third-order valence-corrected chi connectivity index (χ3v) is 5.18. The smallest absolute Gasteiger partial charge is 0.191 e. The predicted octanol–water partition coefficient (Wildman–Crippen LogP) is 2.63. The van der Waals surface area contributed by atoms with Gasteiger partial charge < -0.3 is 10.6 Å². The molecule has 0 bridgehead atoms. The van der Waals surface area contributed by atoms with Gasteiger partial charge in [-0.15, -0.1) is 0 Å². The Labute approximate surface area is 126 Å². The van der Waals surface area contributed by atoms with Crippen LogP contribution in [0.3, 0.4) is 0 Å². The molecule has 3 nitrogen and oxygen atoms in total. The first-order valence-corrected chi connectivity index (χ1v) is 8.35. The fraction of sp³-hybridized carbons (Fsp3) is 0.562. The van der Waals surface area contributed by atoms with E-state index in [-0.39, 0.29) is 4.75 Å². The molecule has 1 aliphatic rings. The second-order valence-corrected chi connectivity index (χ2v) is 7.38. The minimum Gasteiger partial charge on any atom is -0.356 e. The first kappa shape index (κ1) is 15.2. The largest absolute Gasteiger partial charge is 0.356 e. The molecule has 0 spiro atoms. The number of nitrogens with zero attached hydrogens (tertiary/aromatic N) is 1. The van der Waals surface area contributed by atoms with Gasteiger partial charge in [0.1, 0.15) is 0 Å². The molecule has 0 heterocycles. The number of guanidine groups is 1. The van der Waals surface area contributed by atoms with E-state index in [1.807, 2.05) is 18.8 Å². The van der Waals surface area contributed by atoms with Crippen molar-refractivity contribution in [1.82, 2.24) is 10.6 Å². The van der Waals surface area contributed by atoms with Crippen LogP contribution in [-0.2, 0) is 6.42 Å². The molecule has 4 heteroatoms. The third-order valence-electron chi connectivity index (χ3n) is 3.93. The van der Waals surface area contributed by atoms with Gasteiger partial charge in [-0.1, -0.05) is 24.3 Å². The van der Waals surface area contributed by atoms with Crippen LogP contribution >= 0.6 is 11.8 Å². The van der Waals surface area contributed by atoms with Crippen LogP contribution in [0.4, 0.5) is 0 Å². The molecule has 0 aromatic heterocycles. The monoisotopic (exact) mass is 291 g/mol. The van der Waals surface area contributed by atoms with Gasteiger partial charge >= 0.3 is 0 Å². The second kappa shape index (κ2) is 6.53. The number of aliphatic imine (C=N–C) groups is 1. The molecule has 1 aromatic rings. The lowest BCUT2D eigenvalue weighted by Crippen LogP contribution is -2.45. The van der Waals surface area contributed by atoms with Crippen molar-refractivity contribution in [3.63, 3.8) is 0 Å². The minimum atomic E-state index is 0.223. The summed E-state index contributed by atoms with van der Waals surface area (Å²) in [6, 6.07) is 8.70. The second-order valence-electron chi connectivity index (χ2n) is 5.87. The van der Waals surface area contributed by atoms with E-state index in [1.54, 1.807) is 0 Å². The van der Waals surface area contributed by atoms with Crippen LogP contribution in [0, 0.1) is 0 Å². The topological polar surface area (TPSA) is 36.4 Å². The molecular formula is C16H25N3S. The van der Waals surface area contributed by atoms with E-state index >= 15 is 0 Å². The summed E-state index contributed by atoms with van der Waals surface area (Å²) >= 11 is 1.87. The molecule has 0 aliphatic heterocycles. The van der Waals surface area contributed by atoms with Crippen molar-refractivity contribution in [2.75, 3.05) is 26.4 Å². The summed E-state index contributed by atoms with van der Waals surface area (Å²) in [5, 5.41) is 6.84. The Kier molecular flexibility index (Phi) is 4.97. The highest BCUT2D eigenvalue weighted by molar-refractivity contribution is 7.99. The number of hydrogen-bond acceptors (Lipinski definition) is 2. The van der Waals surface area contributed by atoms with Crippen molar-refractivity contribution in [1.29, 1.82) is 0 Å². The van der Waals surface area contributed by atoms with Crippen LogP contribution < -0.4 is 10.6 Å². The number of hydrogen-bond donors (Lipinski definition) is 2. The lowest BCUT2D eigenvalue weighted by Gasteiger charge is -2.31. The van der Waals surface area contributed by atoms with Crippen LogP contribution in [-0.4, -0.2) is 37.1 Å². The minimum absolute atomic E-state index is 0.223. The lowest BCUT2D eigenvalue weighted by atomic mass is 9.78. The quantitative estimate of drug-likeness (QED) is 0.647. The Morgan fingerprint density at radius 2 is 2.10 bits per heavy atom. The molecule has 2 rings (SSSR count). The summed E-state index contributed by atoms with van der Waals surface area (Å²) < 4.78 is 0.223. The number of rotatable bonds is 5. The highest BCUT2D eigenvalue weighted by Gasteiger charge is 2.25. The van der Waals surface area contributed by atoms with Crippen molar-refractivity contribution in [3.8, 4) is 0 Å². The average molecular weight is 291 g/mol. The van der Waals surface area contributed by atoms with Crippen LogP contribution in [0.15, 0.2) is 29.3 Å². The Hall–Kier alpha value is -1.16. The molecule has 0 amide bonds. The van der Waals surface area contributed by atoms with Gasteiger partial charge in [0, 0.05) is 30.8 Å². The number of fused-ring (bicyclic) bond motifs is 1. The fourth-order valence-corrected chi connectivity index (χ4v) is 2.57.